The smallest absolute Gasteiger partial charge is 0.338 e. The van der Waals surface area contributed by atoms with E-state index in [2.05, 4.69) is 4.74 Å². The van der Waals surface area contributed by atoms with Gasteiger partial charge in [-0.3, -0.25) is 0 Å². The molecule has 94 valence electrons. The number of hydrogen-bond donors (Lipinski definition) is 2. The van der Waals surface area contributed by atoms with Crippen molar-refractivity contribution in [3.63, 3.8) is 0 Å². The third-order valence-corrected chi connectivity index (χ3v) is 2.72. The van der Waals surface area contributed by atoms with Crippen molar-refractivity contribution in [3.8, 4) is 0 Å². The van der Waals surface area contributed by atoms with Crippen LogP contribution in [-0.4, -0.2) is 28.9 Å². The molecule has 1 aromatic carbocycles. The molecule has 5 heteroatoms. The SMILES string of the molecule is CCOC(=O)C(O)C(O)c1c(C)cccc1Cl. The predicted octanol–water partition coefficient (Wildman–Crippen LogP) is 1.61. The Bertz CT molecular complexity index is 385. The summed E-state index contributed by atoms with van der Waals surface area (Å²) in [6.45, 7) is 3.50. The molecule has 0 aliphatic rings. The zero-order valence-corrected chi connectivity index (χ0v) is 10.4. The van der Waals surface area contributed by atoms with Crippen LogP contribution in [0, 0.1) is 6.92 Å². The Balaban J connectivity index is 2.96. The first-order chi connectivity index (χ1) is 7.99. The van der Waals surface area contributed by atoms with E-state index in [0.717, 1.165) is 0 Å². The summed E-state index contributed by atoms with van der Waals surface area (Å²) in [5.74, 6) is -0.862. The van der Waals surface area contributed by atoms with Gasteiger partial charge in [-0.25, -0.2) is 4.79 Å². The van der Waals surface area contributed by atoms with Gasteiger partial charge in [0.05, 0.1) is 6.61 Å². The van der Waals surface area contributed by atoms with Crippen molar-refractivity contribution in [3.05, 3.63) is 34.3 Å². The number of carbonyl (C=O) groups is 1. The molecule has 1 rings (SSSR count). The van der Waals surface area contributed by atoms with Gasteiger partial charge in [-0.1, -0.05) is 23.7 Å². The third kappa shape index (κ3) is 3.19. The lowest BCUT2D eigenvalue weighted by molar-refractivity contribution is -0.159. The number of ether oxygens (including phenoxy) is 1. The standard InChI is InChI=1S/C12H15ClO4/c1-3-17-12(16)11(15)10(14)9-7(2)5-4-6-8(9)13/h4-6,10-11,14-15H,3H2,1-2H3. The maximum absolute atomic E-state index is 11.3. The number of esters is 1. The normalized spacial score (nSPS) is 14.2. The highest BCUT2D eigenvalue weighted by molar-refractivity contribution is 6.31. The maximum Gasteiger partial charge on any atom is 0.338 e. The van der Waals surface area contributed by atoms with Gasteiger partial charge in [0.25, 0.3) is 0 Å². The number of aliphatic hydroxyl groups excluding tert-OH is 2. The fourth-order valence-electron chi connectivity index (χ4n) is 1.53. The van der Waals surface area contributed by atoms with Crippen LogP contribution in [0.1, 0.15) is 24.2 Å². The summed E-state index contributed by atoms with van der Waals surface area (Å²) < 4.78 is 4.63. The summed E-state index contributed by atoms with van der Waals surface area (Å²) >= 11 is 5.93. The van der Waals surface area contributed by atoms with Crippen molar-refractivity contribution in [1.29, 1.82) is 0 Å². The van der Waals surface area contributed by atoms with Gasteiger partial charge in [-0.15, -0.1) is 0 Å². The number of aryl methyl sites for hydroxylation is 1. The monoisotopic (exact) mass is 258 g/mol. The Morgan fingerprint density at radius 1 is 1.47 bits per heavy atom. The van der Waals surface area contributed by atoms with E-state index in [-0.39, 0.29) is 6.61 Å². The van der Waals surface area contributed by atoms with Crippen LogP contribution in [0.5, 0.6) is 0 Å². The van der Waals surface area contributed by atoms with E-state index in [1.165, 1.54) is 0 Å². The molecule has 1 aromatic rings. The maximum atomic E-state index is 11.3. The van der Waals surface area contributed by atoms with Gasteiger partial charge in [0, 0.05) is 10.6 Å². The van der Waals surface area contributed by atoms with Gasteiger partial charge in [0.2, 0.25) is 0 Å². The van der Waals surface area contributed by atoms with E-state index in [1.54, 1.807) is 32.0 Å². The second kappa shape index (κ2) is 6.00. The Morgan fingerprint density at radius 3 is 2.65 bits per heavy atom. The van der Waals surface area contributed by atoms with Gasteiger partial charge < -0.3 is 14.9 Å². The van der Waals surface area contributed by atoms with Crippen molar-refractivity contribution in [1.82, 2.24) is 0 Å². The molecule has 0 saturated heterocycles. The molecule has 0 aliphatic heterocycles. The first kappa shape index (κ1) is 14.0. The van der Waals surface area contributed by atoms with E-state index in [9.17, 15) is 15.0 Å². The molecular weight excluding hydrogens is 244 g/mol. The fourth-order valence-corrected chi connectivity index (χ4v) is 1.87. The highest BCUT2D eigenvalue weighted by Gasteiger charge is 2.29. The Kier molecular flexibility index (Phi) is 4.93. The van der Waals surface area contributed by atoms with Crippen LogP contribution in [0.15, 0.2) is 18.2 Å². The van der Waals surface area contributed by atoms with E-state index in [1.807, 2.05) is 0 Å². The molecule has 0 aliphatic carbocycles. The summed E-state index contributed by atoms with van der Waals surface area (Å²) in [7, 11) is 0. The first-order valence-electron chi connectivity index (χ1n) is 5.26. The molecule has 2 N–H and O–H groups in total. The van der Waals surface area contributed by atoms with Gasteiger partial charge in [0.1, 0.15) is 6.10 Å². The molecule has 17 heavy (non-hydrogen) atoms. The highest BCUT2D eigenvalue weighted by Crippen LogP contribution is 2.28. The molecule has 0 radical (unpaired) electrons. The van der Waals surface area contributed by atoms with Crippen LogP contribution in [0.2, 0.25) is 5.02 Å². The second-order valence-electron chi connectivity index (χ2n) is 3.61. The van der Waals surface area contributed by atoms with Crippen molar-refractivity contribution in [2.24, 2.45) is 0 Å². The van der Waals surface area contributed by atoms with E-state index < -0.39 is 18.2 Å². The minimum atomic E-state index is -1.63. The van der Waals surface area contributed by atoms with Crippen LogP contribution in [0.25, 0.3) is 0 Å². The molecule has 0 aromatic heterocycles. The lowest BCUT2D eigenvalue weighted by Crippen LogP contribution is -2.30. The third-order valence-electron chi connectivity index (χ3n) is 2.39. The Morgan fingerprint density at radius 2 is 2.12 bits per heavy atom. The molecule has 4 nitrogen and oxygen atoms in total. The number of carbonyl (C=O) groups excluding carboxylic acids is 1. The summed E-state index contributed by atoms with van der Waals surface area (Å²) in [5, 5.41) is 19.9. The summed E-state index contributed by atoms with van der Waals surface area (Å²) in [6.07, 6.45) is -3.02. The summed E-state index contributed by atoms with van der Waals surface area (Å²) in [5.41, 5.74) is 1.04. The number of benzene rings is 1. The van der Waals surface area contributed by atoms with Gasteiger partial charge in [-0.2, -0.15) is 0 Å². The molecular formula is C12H15ClO4. The molecule has 0 fully saturated rings. The molecule has 2 atom stereocenters. The lowest BCUT2D eigenvalue weighted by Gasteiger charge is -2.19. The summed E-state index contributed by atoms with van der Waals surface area (Å²) in [6, 6.07) is 5.05. The average Bonchev–Trinajstić information content (AvgIpc) is 2.27. The number of rotatable bonds is 4. The number of halogens is 1. The molecule has 0 saturated carbocycles. The Labute approximate surface area is 105 Å². The fraction of sp³-hybridized carbons (Fsp3) is 0.417. The van der Waals surface area contributed by atoms with Crippen LogP contribution in [0.3, 0.4) is 0 Å². The summed E-state index contributed by atoms with van der Waals surface area (Å²) in [4.78, 5) is 11.3. The largest absolute Gasteiger partial charge is 0.464 e. The zero-order chi connectivity index (χ0) is 13.0. The quantitative estimate of drug-likeness (QED) is 0.805. The molecule has 0 amide bonds. The van der Waals surface area contributed by atoms with E-state index in [0.29, 0.717) is 16.1 Å². The number of aliphatic hydroxyl groups is 2. The van der Waals surface area contributed by atoms with Crippen molar-refractivity contribution in [2.45, 2.75) is 26.1 Å². The minimum absolute atomic E-state index is 0.143. The van der Waals surface area contributed by atoms with Gasteiger partial charge in [-0.05, 0) is 25.5 Å². The molecule has 2 unspecified atom stereocenters. The van der Waals surface area contributed by atoms with Crippen LogP contribution in [-0.2, 0) is 9.53 Å². The molecule has 0 spiro atoms. The first-order valence-corrected chi connectivity index (χ1v) is 5.64. The minimum Gasteiger partial charge on any atom is -0.464 e. The van der Waals surface area contributed by atoms with E-state index in [4.69, 9.17) is 11.6 Å². The van der Waals surface area contributed by atoms with Crippen molar-refractivity contribution < 1.29 is 19.7 Å². The van der Waals surface area contributed by atoms with Crippen molar-refractivity contribution in [2.75, 3.05) is 6.61 Å². The van der Waals surface area contributed by atoms with Crippen molar-refractivity contribution >= 4 is 17.6 Å². The average molecular weight is 259 g/mol. The van der Waals surface area contributed by atoms with Crippen LogP contribution in [0.4, 0.5) is 0 Å². The highest BCUT2D eigenvalue weighted by atomic mass is 35.5. The van der Waals surface area contributed by atoms with Crippen LogP contribution >= 0.6 is 11.6 Å². The second-order valence-corrected chi connectivity index (χ2v) is 4.02. The number of hydrogen-bond acceptors (Lipinski definition) is 4. The molecule has 0 heterocycles. The Hall–Kier alpha value is -1.10. The van der Waals surface area contributed by atoms with Gasteiger partial charge in [0.15, 0.2) is 6.10 Å². The topological polar surface area (TPSA) is 66.8 Å². The van der Waals surface area contributed by atoms with Gasteiger partial charge >= 0.3 is 5.97 Å². The van der Waals surface area contributed by atoms with E-state index >= 15 is 0 Å². The van der Waals surface area contributed by atoms with Crippen LogP contribution < -0.4 is 0 Å². The predicted molar refractivity (Wildman–Crippen MR) is 63.8 cm³/mol. The molecule has 0 bridgehead atoms. The lowest BCUT2D eigenvalue weighted by atomic mass is 9.99. The zero-order valence-electron chi connectivity index (χ0n) is 9.68.